The predicted octanol–water partition coefficient (Wildman–Crippen LogP) is 2.18. The van der Waals surface area contributed by atoms with E-state index in [9.17, 15) is 22.8 Å². The van der Waals surface area contributed by atoms with Crippen LogP contribution in [0.5, 0.6) is 0 Å². The summed E-state index contributed by atoms with van der Waals surface area (Å²) in [7, 11) is 0. The zero-order valence-electron chi connectivity index (χ0n) is 11.2. The van der Waals surface area contributed by atoms with Crippen molar-refractivity contribution in [2.75, 3.05) is 5.32 Å². The molecule has 1 aromatic rings. The molecule has 2 N–H and O–H groups in total. The minimum absolute atomic E-state index is 0.150. The second kappa shape index (κ2) is 4.85. The Morgan fingerprint density at radius 2 is 2.05 bits per heavy atom. The lowest BCUT2D eigenvalue weighted by Gasteiger charge is -2.23. The Hall–Kier alpha value is -2.32. The Morgan fingerprint density at radius 1 is 1.32 bits per heavy atom. The number of hydrogen-bond donors (Lipinski definition) is 2. The van der Waals surface area contributed by atoms with E-state index in [4.69, 9.17) is 5.11 Å². The maximum absolute atomic E-state index is 12.6. The van der Waals surface area contributed by atoms with Gasteiger partial charge in [-0.05, 0) is 30.9 Å². The average Bonchev–Trinajstić information content (AvgIpc) is 3.07. The summed E-state index contributed by atoms with van der Waals surface area (Å²) in [5.41, 5.74) is -1.12. The van der Waals surface area contributed by atoms with Gasteiger partial charge in [0, 0.05) is 6.04 Å². The number of alkyl halides is 3. The van der Waals surface area contributed by atoms with Gasteiger partial charge < -0.3 is 10.4 Å². The van der Waals surface area contributed by atoms with Gasteiger partial charge in [0.25, 0.3) is 0 Å². The molecule has 0 radical (unpaired) electrons. The first-order valence-corrected chi connectivity index (χ1v) is 6.64. The predicted molar refractivity (Wildman–Crippen MR) is 68.0 cm³/mol. The number of carbonyl (C=O) groups is 2. The number of amides is 2. The van der Waals surface area contributed by atoms with Gasteiger partial charge in [-0.15, -0.1) is 0 Å². The van der Waals surface area contributed by atoms with Crippen molar-refractivity contribution in [3.05, 3.63) is 23.9 Å². The van der Waals surface area contributed by atoms with Gasteiger partial charge in [-0.3, -0.25) is 9.69 Å². The lowest BCUT2D eigenvalue weighted by Crippen LogP contribution is -2.44. The molecule has 3 rings (SSSR count). The first-order valence-electron chi connectivity index (χ1n) is 6.64. The van der Waals surface area contributed by atoms with Gasteiger partial charge in [-0.1, -0.05) is 6.07 Å². The summed E-state index contributed by atoms with van der Waals surface area (Å²) in [5, 5.41) is 11.4. The maximum atomic E-state index is 12.6. The highest BCUT2D eigenvalue weighted by Crippen LogP contribution is 2.47. The third kappa shape index (κ3) is 2.58. The van der Waals surface area contributed by atoms with Crippen molar-refractivity contribution in [2.45, 2.75) is 31.1 Å². The summed E-state index contributed by atoms with van der Waals surface area (Å²) in [6.45, 7) is 0. The number of aromatic nitrogens is 1. The number of fused-ring (bicyclic) bond motifs is 1. The number of anilines is 1. The number of hydrogen-bond acceptors (Lipinski definition) is 3. The normalized spacial score (nSPS) is 26.5. The number of nitrogens with zero attached hydrogens (tertiary/aromatic N) is 2. The molecule has 1 saturated carbocycles. The van der Waals surface area contributed by atoms with Crippen LogP contribution in [0.25, 0.3) is 0 Å². The quantitative estimate of drug-likeness (QED) is 0.876. The lowest BCUT2D eigenvalue weighted by atomic mass is 10.1. The van der Waals surface area contributed by atoms with E-state index in [1.54, 1.807) is 0 Å². The van der Waals surface area contributed by atoms with Crippen LogP contribution in [-0.2, 0) is 11.0 Å². The lowest BCUT2D eigenvalue weighted by molar-refractivity contribution is -0.141. The molecule has 0 spiro atoms. The van der Waals surface area contributed by atoms with E-state index in [-0.39, 0.29) is 17.8 Å². The largest absolute Gasteiger partial charge is 0.465 e. The second-order valence-electron chi connectivity index (χ2n) is 5.40. The van der Waals surface area contributed by atoms with Gasteiger partial charge in [0.1, 0.15) is 17.6 Å². The first-order chi connectivity index (χ1) is 10.3. The Morgan fingerprint density at radius 3 is 2.68 bits per heavy atom. The van der Waals surface area contributed by atoms with Crippen molar-refractivity contribution in [3.8, 4) is 0 Å². The average molecular weight is 315 g/mol. The van der Waals surface area contributed by atoms with Crippen LogP contribution in [0.1, 0.15) is 18.5 Å². The van der Waals surface area contributed by atoms with E-state index in [1.807, 2.05) is 0 Å². The summed E-state index contributed by atoms with van der Waals surface area (Å²) in [6, 6.07) is 2.13. The smallest absolute Gasteiger partial charge is 0.433 e. The van der Waals surface area contributed by atoms with Crippen LogP contribution in [-0.4, -0.2) is 39.1 Å². The fraction of sp³-hybridized carbons (Fsp3) is 0.462. The van der Waals surface area contributed by atoms with Crippen LogP contribution in [0.4, 0.5) is 23.8 Å². The highest BCUT2D eigenvalue weighted by Gasteiger charge is 2.56. The SMILES string of the molecule is O=C(Nc1cccc(C(F)(F)F)n1)C1CC2CC2N1C(=O)O. The van der Waals surface area contributed by atoms with Crippen LogP contribution < -0.4 is 5.32 Å². The van der Waals surface area contributed by atoms with Gasteiger partial charge >= 0.3 is 12.3 Å². The van der Waals surface area contributed by atoms with E-state index in [2.05, 4.69) is 10.3 Å². The minimum atomic E-state index is -4.61. The number of likely N-dealkylation sites (tertiary alicyclic amines) is 1. The highest BCUT2D eigenvalue weighted by atomic mass is 19.4. The van der Waals surface area contributed by atoms with Crippen LogP contribution in [0.2, 0.25) is 0 Å². The Balaban J connectivity index is 1.73. The fourth-order valence-corrected chi connectivity index (χ4v) is 2.84. The number of rotatable bonds is 2. The molecule has 2 amide bonds. The van der Waals surface area contributed by atoms with E-state index >= 15 is 0 Å². The van der Waals surface area contributed by atoms with Crippen LogP contribution >= 0.6 is 0 Å². The number of nitrogens with one attached hydrogen (secondary N) is 1. The number of pyridine rings is 1. The second-order valence-corrected chi connectivity index (χ2v) is 5.40. The molecular weight excluding hydrogens is 303 g/mol. The molecule has 3 unspecified atom stereocenters. The molecule has 118 valence electrons. The molecule has 1 saturated heterocycles. The van der Waals surface area contributed by atoms with Crippen LogP contribution in [0.15, 0.2) is 18.2 Å². The summed E-state index contributed by atoms with van der Waals surface area (Å²) in [6.07, 6.45) is -4.68. The van der Waals surface area contributed by atoms with Gasteiger partial charge in [0.2, 0.25) is 5.91 Å². The van der Waals surface area contributed by atoms with Gasteiger partial charge in [-0.2, -0.15) is 13.2 Å². The Labute approximate surface area is 122 Å². The molecular formula is C13H12F3N3O3. The van der Waals surface area contributed by atoms with Crippen molar-refractivity contribution in [1.29, 1.82) is 0 Å². The molecule has 2 aliphatic rings. The van der Waals surface area contributed by atoms with Crippen LogP contribution in [0, 0.1) is 5.92 Å². The molecule has 2 fully saturated rings. The minimum Gasteiger partial charge on any atom is -0.465 e. The van der Waals surface area contributed by atoms with Gasteiger partial charge in [-0.25, -0.2) is 9.78 Å². The first kappa shape index (κ1) is 14.6. The number of carbonyl (C=O) groups excluding carboxylic acids is 1. The van der Waals surface area contributed by atoms with E-state index in [0.29, 0.717) is 6.42 Å². The summed E-state index contributed by atoms with van der Waals surface area (Å²) in [5.74, 6) is -0.728. The number of halogens is 3. The van der Waals surface area contributed by atoms with Crippen molar-refractivity contribution in [3.63, 3.8) is 0 Å². The van der Waals surface area contributed by atoms with Crippen molar-refractivity contribution in [1.82, 2.24) is 9.88 Å². The topological polar surface area (TPSA) is 82.5 Å². The van der Waals surface area contributed by atoms with Crippen molar-refractivity contribution < 1.29 is 27.9 Å². The third-order valence-electron chi connectivity index (χ3n) is 3.92. The number of carboxylic acid groups (broad SMARTS) is 1. The molecule has 2 heterocycles. The maximum Gasteiger partial charge on any atom is 0.433 e. The summed E-state index contributed by atoms with van der Waals surface area (Å²) >= 11 is 0. The number of piperidine rings is 1. The van der Waals surface area contributed by atoms with Crippen molar-refractivity contribution >= 4 is 17.8 Å². The third-order valence-corrected chi connectivity index (χ3v) is 3.92. The molecule has 1 aliphatic heterocycles. The molecule has 22 heavy (non-hydrogen) atoms. The Kier molecular flexibility index (Phi) is 3.22. The highest BCUT2D eigenvalue weighted by molar-refractivity contribution is 5.96. The Bertz CT molecular complexity index is 634. The van der Waals surface area contributed by atoms with Crippen molar-refractivity contribution in [2.24, 2.45) is 5.92 Å². The van der Waals surface area contributed by atoms with Gasteiger partial charge in [0.15, 0.2) is 0 Å². The standard InChI is InChI=1S/C13H12F3N3O3/c14-13(15,16)9-2-1-3-10(17-9)18-11(20)8-5-6-4-7(6)19(8)12(21)22/h1-3,6-8H,4-5H2,(H,21,22)(H,17,18,20). The zero-order valence-corrected chi connectivity index (χ0v) is 11.2. The summed E-state index contributed by atoms with van der Waals surface area (Å²) < 4.78 is 37.7. The van der Waals surface area contributed by atoms with Crippen LogP contribution in [0.3, 0.4) is 0 Å². The molecule has 3 atom stereocenters. The monoisotopic (exact) mass is 315 g/mol. The molecule has 9 heteroatoms. The molecule has 1 aromatic heterocycles. The fourth-order valence-electron chi connectivity index (χ4n) is 2.84. The van der Waals surface area contributed by atoms with E-state index in [1.165, 1.54) is 6.07 Å². The molecule has 1 aliphatic carbocycles. The molecule has 6 nitrogen and oxygen atoms in total. The van der Waals surface area contributed by atoms with E-state index < -0.39 is 29.9 Å². The molecule has 0 bridgehead atoms. The summed E-state index contributed by atoms with van der Waals surface area (Å²) in [4.78, 5) is 27.7. The van der Waals surface area contributed by atoms with Gasteiger partial charge in [0.05, 0.1) is 0 Å². The zero-order chi connectivity index (χ0) is 16.1. The van der Waals surface area contributed by atoms with E-state index in [0.717, 1.165) is 23.5 Å². The molecule has 0 aromatic carbocycles.